The van der Waals surface area contributed by atoms with Crippen molar-refractivity contribution in [3.63, 3.8) is 0 Å². The van der Waals surface area contributed by atoms with Crippen molar-refractivity contribution < 1.29 is 17.9 Å². The highest BCUT2D eigenvalue weighted by atomic mass is 32.2. The third-order valence-corrected chi connectivity index (χ3v) is 6.99. The fourth-order valence-corrected chi connectivity index (χ4v) is 4.94. The fourth-order valence-electron chi connectivity index (χ4n) is 3.71. The number of imidazole rings is 1. The molecule has 0 aliphatic carbocycles. The van der Waals surface area contributed by atoms with Crippen LogP contribution in [0.2, 0.25) is 0 Å². The van der Waals surface area contributed by atoms with E-state index >= 15 is 0 Å². The second kappa shape index (κ2) is 9.18. The van der Waals surface area contributed by atoms with E-state index in [0.29, 0.717) is 12.3 Å². The standard InChI is InChI=1S/C22H23N5O4S2/c1-33(28,29)21-23-7-6-18(24-21)20-19(25-22-27(20)11-15-32-22)16-2-4-17(5-3-16)31-14-10-26-8-12-30-13-9-26/h2-7,11,15H,8-10,12-14H2,1H3. The molecule has 11 heteroatoms. The third-order valence-electron chi connectivity index (χ3n) is 5.38. The van der Waals surface area contributed by atoms with E-state index in [-0.39, 0.29) is 5.16 Å². The summed E-state index contributed by atoms with van der Waals surface area (Å²) in [4.78, 5) is 16.1. The lowest BCUT2D eigenvalue weighted by Crippen LogP contribution is -2.38. The predicted octanol–water partition coefficient (Wildman–Crippen LogP) is 2.63. The summed E-state index contributed by atoms with van der Waals surface area (Å²) >= 11 is 1.50. The first-order valence-electron chi connectivity index (χ1n) is 10.5. The molecule has 0 spiro atoms. The van der Waals surface area contributed by atoms with Gasteiger partial charge >= 0.3 is 0 Å². The number of aromatic nitrogens is 4. The zero-order chi connectivity index (χ0) is 22.8. The van der Waals surface area contributed by atoms with Crippen LogP contribution in [0.5, 0.6) is 5.75 Å². The minimum Gasteiger partial charge on any atom is -0.492 e. The Labute approximate surface area is 195 Å². The summed E-state index contributed by atoms with van der Waals surface area (Å²) in [6, 6.07) is 9.46. The summed E-state index contributed by atoms with van der Waals surface area (Å²) in [6.45, 7) is 4.90. The fraction of sp³-hybridized carbons (Fsp3) is 0.318. The van der Waals surface area contributed by atoms with Gasteiger partial charge in [0.25, 0.3) is 0 Å². The van der Waals surface area contributed by atoms with E-state index in [1.807, 2.05) is 40.2 Å². The van der Waals surface area contributed by atoms with Crippen LogP contribution in [-0.2, 0) is 14.6 Å². The van der Waals surface area contributed by atoms with E-state index in [2.05, 4.69) is 14.9 Å². The quantitative estimate of drug-likeness (QED) is 0.369. The van der Waals surface area contributed by atoms with E-state index in [1.54, 1.807) is 6.07 Å². The van der Waals surface area contributed by atoms with Gasteiger partial charge in [-0.15, -0.1) is 11.3 Å². The first-order chi connectivity index (χ1) is 16.0. The van der Waals surface area contributed by atoms with Crippen LogP contribution in [0.25, 0.3) is 27.6 Å². The van der Waals surface area contributed by atoms with Crippen molar-refractivity contribution in [2.75, 3.05) is 45.7 Å². The molecule has 0 atom stereocenters. The maximum absolute atomic E-state index is 12.0. The van der Waals surface area contributed by atoms with Gasteiger partial charge in [-0.2, -0.15) is 0 Å². The van der Waals surface area contributed by atoms with Crippen molar-refractivity contribution in [1.29, 1.82) is 0 Å². The van der Waals surface area contributed by atoms with Crippen LogP contribution in [0.1, 0.15) is 0 Å². The Morgan fingerprint density at radius 1 is 1.12 bits per heavy atom. The van der Waals surface area contributed by atoms with Crippen LogP contribution in [0, 0.1) is 0 Å². The Hall–Kier alpha value is -2.86. The molecule has 5 rings (SSSR count). The average Bonchev–Trinajstić information content (AvgIpc) is 3.41. The predicted molar refractivity (Wildman–Crippen MR) is 125 cm³/mol. The third kappa shape index (κ3) is 4.76. The highest BCUT2D eigenvalue weighted by Gasteiger charge is 2.20. The molecule has 172 valence electrons. The van der Waals surface area contributed by atoms with Crippen molar-refractivity contribution in [3.8, 4) is 28.4 Å². The molecule has 1 fully saturated rings. The number of rotatable bonds is 7. The highest BCUT2D eigenvalue weighted by molar-refractivity contribution is 7.90. The lowest BCUT2D eigenvalue weighted by Gasteiger charge is -2.26. The lowest BCUT2D eigenvalue weighted by molar-refractivity contribution is 0.0322. The molecule has 1 aliphatic heterocycles. The van der Waals surface area contributed by atoms with Gasteiger partial charge in [0.15, 0.2) is 4.96 Å². The van der Waals surface area contributed by atoms with Gasteiger partial charge in [-0.1, -0.05) is 0 Å². The Morgan fingerprint density at radius 2 is 1.91 bits per heavy atom. The van der Waals surface area contributed by atoms with Gasteiger partial charge in [-0.3, -0.25) is 9.30 Å². The van der Waals surface area contributed by atoms with Crippen molar-refractivity contribution in [2.45, 2.75) is 5.16 Å². The number of ether oxygens (including phenoxy) is 2. The molecule has 1 saturated heterocycles. The molecule has 0 bridgehead atoms. The topological polar surface area (TPSA) is 98.9 Å². The molecule has 3 aromatic heterocycles. The van der Waals surface area contributed by atoms with Crippen LogP contribution < -0.4 is 4.74 Å². The molecule has 0 unspecified atom stereocenters. The molecule has 9 nitrogen and oxygen atoms in total. The largest absolute Gasteiger partial charge is 0.492 e. The van der Waals surface area contributed by atoms with Gasteiger partial charge in [0.05, 0.1) is 24.6 Å². The van der Waals surface area contributed by atoms with Crippen LogP contribution >= 0.6 is 11.3 Å². The second-order valence-electron chi connectivity index (χ2n) is 7.69. The molecule has 0 N–H and O–H groups in total. The minimum absolute atomic E-state index is 0.208. The van der Waals surface area contributed by atoms with E-state index in [0.717, 1.165) is 66.8 Å². The van der Waals surface area contributed by atoms with Crippen molar-refractivity contribution in [3.05, 3.63) is 48.1 Å². The SMILES string of the molecule is CS(=O)(=O)c1nccc(-c2c(-c3ccc(OCCN4CCOCC4)cc3)nc3sccn23)n1. The van der Waals surface area contributed by atoms with E-state index in [1.165, 1.54) is 17.5 Å². The molecule has 0 radical (unpaired) electrons. The van der Waals surface area contributed by atoms with Crippen molar-refractivity contribution in [1.82, 2.24) is 24.3 Å². The molecule has 1 aromatic carbocycles. The minimum atomic E-state index is -3.53. The zero-order valence-electron chi connectivity index (χ0n) is 18.0. The summed E-state index contributed by atoms with van der Waals surface area (Å²) in [6.07, 6.45) is 4.46. The van der Waals surface area contributed by atoms with Crippen LogP contribution in [0.3, 0.4) is 0 Å². The monoisotopic (exact) mass is 485 g/mol. The molecule has 1 aliphatic rings. The molecule has 0 saturated carbocycles. The van der Waals surface area contributed by atoms with Gasteiger partial charge in [0.1, 0.15) is 18.1 Å². The number of hydrogen-bond acceptors (Lipinski definition) is 9. The molecular weight excluding hydrogens is 462 g/mol. The molecule has 4 aromatic rings. The summed E-state index contributed by atoms with van der Waals surface area (Å²) in [7, 11) is -3.53. The molecule has 4 heterocycles. The normalized spacial score (nSPS) is 15.2. The second-order valence-corrected chi connectivity index (χ2v) is 10.5. The number of morpholine rings is 1. The van der Waals surface area contributed by atoms with E-state index < -0.39 is 9.84 Å². The number of thiazole rings is 1. The highest BCUT2D eigenvalue weighted by Crippen LogP contribution is 2.34. The van der Waals surface area contributed by atoms with Crippen LogP contribution in [0.15, 0.2) is 53.3 Å². The number of nitrogens with zero attached hydrogens (tertiary/aromatic N) is 5. The van der Waals surface area contributed by atoms with Crippen LogP contribution in [-0.4, -0.2) is 78.4 Å². The average molecular weight is 486 g/mol. The lowest BCUT2D eigenvalue weighted by atomic mass is 10.1. The Morgan fingerprint density at radius 3 is 2.67 bits per heavy atom. The summed E-state index contributed by atoms with van der Waals surface area (Å²) < 4.78 is 37.2. The van der Waals surface area contributed by atoms with Gasteiger partial charge in [-0.05, 0) is 30.3 Å². The van der Waals surface area contributed by atoms with Gasteiger partial charge in [0, 0.05) is 49.2 Å². The van der Waals surface area contributed by atoms with Crippen molar-refractivity contribution in [2.24, 2.45) is 0 Å². The van der Waals surface area contributed by atoms with Crippen LogP contribution in [0.4, 0.5) is 0 Å². The van der Waals surface area contributed by atoms with Gasteiger partial charge < -0.3 is 9.47 Å². The van der Waals surface area contributed by atoms with Gasteiger partial charge in [0.2, 0.25) is 15.0 Å². The maximum Gasteiger partial charge on any atom is 0.247 e. The number of sulfone groups is 1. The number of benzene rings is 1. The van der Waals surface area contributed by atoms with Gasteiger partial charge in [-0.25, -0.2) is 23.4 Å². The summed E-state index contributed by atoms with van der Waals surface area (Å²) in [5.41, 5.74) is 2.83. The van der Waals surface area contributed by atoms with E-state index in [4.69, 9.17) is 14.5 Å². The molecule has 0 amide bonds. The van der Waals surface area contributed by atoms with E-state index in [9.17, 15) is 8.42 Å². The van der Waals surface area contributed by atoms with Crippen molar-refractivity contribution >= 4 is 26.1 Å². The molecule has 33 heavy (non-hydrogen) atoms. The Kier molecular flexibility index (Phi) is 6.11. The number of fused-ring (bicyclic) bond motifs is 1. The maximum atomic E-state index is 12.0. The zero-order valence-corrected chi connectivity index (χ0v) is 19.7. The smallest absolute Gasteiger partial charge is 0.247 e. The summed E-state index contributed by atoms with van der Waals surface area (Å²) in [5, 5.41) is 1.72. The first-order valence-corrected chi connectivity index (χ1v) is 13.3. The Balaban J connectivity index is 1.41. The summed E-state index contributed by atoms with van der Waals surface area (Å²) in [5.74, 6) is 0.788. The Bertz CT molecular complexity index is 1360. The number of hydrogen-bond donors (Lipinski definition) is 0. The first kappa shape index (κ1) is 22.0. The molecular formula is C22H23N5O4S2.